The fourth-order valence-corrected chi connectivity index (χ4v) is 2.38. The van der Waals surface area contributed by atoms with Gasteiger partial charge in [-0.15, -0.1) is 0 Å². The van der Waals surface area contributed by atoms with E-state index in [9.17, 15) is 4.79 Å². The monoisotopic (exact) mass is 296 g/mol. The van der Waals surface area contributed by atoms with Crippen LogP contribution < -0.4 is 10.6 Å². The Morgan fingerprint density at radius 3 is 2.70 bits per heavy atom. The lowest BCUT2D eigenvalue weighted by atomic mass is 10.0. The van der Waals surface area contributed by atoms with E-state index >= 15 is 0 Å². The molecule has 0 radical (unpaired) electrons. The predicted octanol–water partition coefficient (Wildman–Crippen LogP) is 1.67. The fraction of sp³-hybridized carbons (Fsp3) is 0.571. The van der Waals surface area contributed by atoms with E-state index in [1.54, 1.807) is 6.20 Å². The summed E-state index contributed by atoms with van der Waals surface area (Å²) in [6.45, 7) is 9.34. The maximum Gasteiger partial charge on any atom is 0.244 e. The Hall–Kier alpha value is -1.17. The lowest BCUT2D eigenvalue weighted by Gasteiger charge is -2.39. The number of anilines is 1. The van der Waals surface area contributed by atoms with Crippen LogP contribution in [0.4, 0.5) is 5.69 Å². The number of carbonyl (C=O) groups excluding carboxylic acids is 1. The zero-order chi connectivity index (χ0) is 14.8. The van der Waals surface area contributed by atoms with Gasteiger partial charge < -0.3 is 10.6 Å². The Kier molecular flexibility index (Phi) is 4.62. The molecule has 6 heteroatoms. The summed E-state index contributed by atoms with van der Waals surface area (Å²) in [5.41, 5.74) is 0.986. The first-order valence-corrected chi connectivity index (χ1v) is 7.18. The Labute approximate surface area is 124 Å². The molecule has 1 aliphatic heterocycles. The molecule has 0 aromatic carbocycles. The van der Waals surface area contributed by atoms with Crippen molar-refractivity contribution in [1.29, 1.82) is 0 Å². The maximum atomic E-state index is 12.5. The first kappa shape index (κ1) is 15.2. The normalized spacial score (nSPS) is 17.0. The van der Waals surface area contributed by atoms with Crippen LogP contribution in [0.3, 0.4) is 0 Å². The number of hydrogen-bond acceptors (Lipinski definition) is 4. The third kappa shape index (κ3) is 3.29. The maximum absolute atomic E-state index is 12.5. The molecule has 0 atom stereocenters. The number of piperazine rings is 1. The number of rotatable bonds is 3. The number of halogens is 1. The molecule has 0 spiro atoms. The summed E-state index contributed by atoms with van der Waals surface area (Å²) in [6, 6.07) is 1.83. The van der Waals surface area contributed by atoms with Crippen LogP contribution in [0.2, 0.25) is 5.15 Å². The van der Waals surface area contributed by atoms with Crippen molar-refractivity contribution >= 4 is 23.2 Å². The second-order valence-electron chi connectivity index (χ2n) is 5.58. The Bertz CT molecular complexity index is 498. The van der Waals surface area contributed by atoms with Gasteiger partial charge in [-0.1, -0.05) is 11.6 Å². The van der Waals surface area contributed by atoms with Gasteiger partial charge in [-0.3, -0.25) is 9.69 Å². The smallest absolute Gasteiger partial charge is 0.244 e. The Balaban J connectivity index is 2.07. The molecule has 2 rings (SSSR count). The molecule has 0 bridgehead atoms. The van der Waals surface area contributed by atoms with Gasteiger partial charge in [-0.05, 0) is 32.4 Å². The van der Waals surface area contributed by atoms with Gasteiger partial charge in [0.25, 0.3) is 0 Å². The first-order valence-electron chi connectivity index (χ1n) is 6.80. The minimum Gasteiger partial charge on any atom is -0.323 e. The van der Waals surface area contributed by atoms with Crippen molar-refractivity contribution < 1.29 is 4.79 Å². The molecule has 5 nitrogen and oxygen atoms in total. The van der Waals surface area contributed by atoms with Crippen molar-refractivity contribution in [1.82, 2.24) is 15.2 Å². The minimum absolute atomic E-state index is 0.0251. The van der Waals surface area contributed by atoms with Crippen molar-refractivity contribution in [2.24, 2.45) is 0 Å². The largest absolute Gasteiger partial charge is 0.323 e. The van der Waals surface area contributed by atoms with Gasteiger partial charge in [0.15, 0.2) is 0 Å². The average Bonchev–Trinajstić information content (AvgIpc) is 2.44. The number of nitrogens with zero attached hydrogens (tertiary/aromatic N) is 2. The molecule has 2 N–H and O–H groups in total. The summed E-state index contributed by atoms with van der Waals surface area (Å²) in [5, 5.41) is 6.68. The summed E-state index contributed by atoms with van der Waals surface area (Å²) >= 11 is 5.89. The van der Waals surface area contributed by atoms with Gasteiger partial charge >= 0.3 is 0 Å². The van der Waals surface area contributed by atoms with Crippen LogP contribution in [-0.2, 0) is 4.79 Å². The lowest BCUT2D eigenvalue weighted by Crippen LogP contribution is -2.58. The van der Waals surface area contributed by atoms with E-state index in [0.717, 1.165) is 31.7 Å². The fourth-order valence-electron chi connectivity index (χ4n) is 2.28. The van der Waals surface area contributed by atoms with Gasteiger partial charge in [-0.2, -0.15) is 0 Å². The third-order valence-corrected chi connectivity index (χ3v) is 4.13. The molecule has 0 saturated carbocycles. The molecule has 1 aromatic rings. The molecule has 1 fully saturated rings. The third-order valence-electron chi connectivity index (χ3n) is 3.74. The highest BCUT2D eigenvalue weighted by atomic mass is 35.5. The van der Waals surface area contributed by atoms with Crippen molar-refractivity contribution in [2.75, 3.05) is 31.5 Å². The van der Waals surface area contributed by atoms with E-state index in [1.165, 1.54) is 0 Å². The summed E-state index contributed by atoms with van der Waals surface area (Å²) in [4.78, 5) is 18.7. The summed E-state index contributed by atoms with van der Waals surface area (Å²) in [6.07, 6.45) is 1.58. The number of amides is 1. The highest BCUT2D eigenvalue weighted by molar-refractivity contribution is 6.30. The molecular formula is C14H21ClN4O. The van der Waals surface area contributed by atoms with Gasteiger partial charge in [0, 0.05) is 26.2 Å². The topological polar surface area (TPSA) is 57.3 Å². The second-order valence-corrected chi connectivity index (χ2v) is 5.94. The summed E-state index contributed by atoms with van der Waals surface area (Å²) < 4.78 is 0. The molecule has 20 heavy (non-hydrogen) atoms. The van der Waals surface area contributed by atoms with E-state index in [2.05, 4.69) is 20.5 Å². The second kappa shape index (κ2) is 6.08. The molecule has 0 aliphatic carbocycles. The molecule has 1 aliphatic rings. The summed E-state index contributed by atoms with van der Waals surface area (Å²) in [7, 11) is 0. The average molecular weight is 297 g/mol. The first-order chi connectivity index (χ1) is 9.41. The highest BCUT2D eigenvalue weighted by Crippen LogP contribution is 2.20. The van der Waals surface area contributed by atoms with Gasteiger partial charge in [0.1, 0.15) is 5.15 Å². The van der Waals surface area contributed by atoms with Crippen molar-refractivity contribution in [2.45, 2.75) is 26.3 Å². The quantitative estimate of drug-likeness (QED) is 0.833. The van der Waals surface area contributed by atoms with Crippen LogP contribution in [0.1, 0.15) is 19.4 Å². The Morgan fingerprint density at radius 2 is 2.10 bits per heavy atom. The van der Waals surface area contributed by atoms with Gasteiger partial charge in [0.05, 0.1) is 17.4 Å². The van der Waals surface area contributed by atoms with Crippen LogP contribution in [0, 0.1) is 6.92 Å². The Morgan fingerprint density at radius 1 is 1.45 bits per heavy atom. The highest BCUT2D eigenvalue weighted by Gasteiger charge is 2.35. The van der Waals surface area contributed by atoms with Crippen LogP contribution >= 0.6 is 11.6 Å². The van der Waals surface area contributed by atoms with Crippen molar-refractivity contribution in [3.05, 3.63) is 23.0 Å². The standard InChI is InChI=1S/C14H21ClN4O/c1-10-8-11(9-17-12(10)15)18-13(20)14(2,3)19-6-4-16-5-7-19/h8-9,16H,4-7H2,1-3H3,(H,18,20). The molecule has 2 heterocycles. The number of aryl methyl sites for hydroxylation is 1. The zero-order valence-electron chi connectivity index (χ0n) is 12.2. The van der Waals surface area contributed by atoms with E-state index < -0.39 is 5.54 Å². The predicted molar refractivity (Wildman–Crippen MR) is 81.1 cm³/mol. The lowest BCUT2D eigenvalue weighted by molar-refractivity contribution is -0.126. The van der Waals surface area contributed by atoms with E-state index in [0.29, 0.717) is 10.8 Å². The SMILES string of the molecule is Cc1cc(NC(=O)C(C)(C)N2CCNCC2)cnc1Cl. The molecule has 1 amide bonds. The molecule has 0 unspecified atom stereocenters. The minimum atomic E-state index is -0.546. The van der Waals surface area contributed by atoms with Crippen LogP contribution in [0.5, 0.6) is 0 Å². The van der Waals surface area contributed by atoms with Gasteiger partial charge in [-0.25, -0.2) is 4.98 Å². The van der Waals surface area contributed by atoms with Gasteiger partial charge in [0.2, 0.25) is 5.91 Å². The van der Waals surface area contributed by atoms with Crippen LogP contribution in [-0.4, -0.2) is 47.5 Å². The van der Waals surface area contributed by atoms with E-state index in [1.807, 2.05) is 26.8 Å². The molecule has 1 saturated heterocycles. The molecule has 1 aromatic heterocycles. The number of nitrogens with one attached hydrogen (secondary N) is 2. The van der Waals surface area contributed by atoms with E-state index in [4.69, 9.17) is 11.6 Å². The number of aromatic nitrogens is 1. The zero-order valence-corrected chi connectivity index (χ0v) is 12.9. The van der Waals surface area contributed by atoms with Crippen LogP contribution in [0.15, 0.2) is 12.3 Å². The number of pyridine rings is 1. The molecule has 110 valence electrons. The van der Waals surface area contributed by atoms with Crippen LogP contribution in [0.25, 0.3) is 0 Å². The van der Waals surface area contributed by atoms with Crippen molar-refractivity contribution in [3.8, 4) is 0 Å². The number of hydrogen-bond donors (Lipinski definition) is 2. The van der Waals surface area contributed by atoms with Crippen molar-refractivity contribution in [3.63, 3.8) is 0 Å². The van der Waals surface area contributed by atoms with E-state index in [-0.39, 0.29) is 5.91 Å². The number of carbonyl (C=O) groups is 1. The molecular weight excluding hydrogens is 276 g/mol. The summed E-state index contributed by atoms with van der Waals surface area (Å²) in [5.74, 6) is -0.0251.